The minimum Gasteiger partial charge on any atom is -0.395 e. The fourth-order valence-electron chi connectivity index (χ4n) is 1.71. The zero-order valence-corrected chi connectivity index (χ0v) is 11.7. The SMILES string of the molecule is Cc1[nH]ncc1CNC(=O)c1ncccc1C#CCCO. The van der Waals surface area contributed by atoms with Crippen molar-refractivity contribution in [2.75, 3.05) is 6.61 Å². The second-order valence-electron chi connectivity index (χ2n) is 4.38. The van der Waals surface area contributed by atoms with Crippen LogP contribution in [0.25, 0.3) is 0 Å². The van der Waals surface area contributed by atoms with Gasteiger partial charge in [-0.1, -0.05) is 11.8 Å². The van der Waals surface area contributed by atoms with Crippen LogP contribution in [0.1, 0.15) is 33.7 Å². The summed E-state index contributed by atoms with van der Waals surface area (Å²) in [6.45, 7) is 2.26. The minimum absolute atomic E-state index is 0.00540. The molecule has 2 rings (SSSR count). The number of rotatable bonds is 4. The molecular weight excluding hydrogens is 268 g/mol. The summed E-state index contributed by atoms with van der Waals surface area (Å²) in [7, 11) is 0. The summed E-state index contributed by atoms with van der Waals surface area (Å²) < 4.78 is 0. The van der Waals surface area contributed by atoms with E-state index in [1.54, 1.807) is 24.5 Å². The minimum atomic E-state index is -0.288. The molecule has 0 saturated carbocycles. The van der Waals surface area contributed by atoms with Crippen molar-refractivity contribution in [3.8, 4) is 11.8 Å². The Morgan fingerprint density at radius 2 is 2.38 bits per heavy atom. The summed E-state index contributed by atoms with van der Waals surface area (Å²) in [6.07, 6.45) is 3.59. The van der Waals surface area contributed by atoms with Gasteiger partial charge in [-0.15, -0.1) is 0 Å². The largest absolute Gasteiger partial charge is 0.395 e. The van der Waals surface area contributed by atoms with Gasteiger partial charge in [-0.3, -0.25) is 9.89 Å². The molecule has 0 spiro atoms. The summed E-state index contributed by atoms with van der Waals surface area (Å²) in [5.41, 5.74) is 2.67. The first-order valence-electron chi connectivity index (χ1n) is 6.54. The van der Waals surface area contributed by atoms with Crippen LogP contribution in [0.2, 0.25) is 0 Å². The summed E-state index contributed by atoms with van der Waals surface area (Å²) in [4.78, 5) is 16.3. The molecule has 0 atom stereocenters. The first-order valence-corrected chi connectivity index (χ1v) is 6.54. The summed E-state index contributed by atoms with van der Waals surface area (Å²) in [5, 5.41) is 18.2. The predicted molar refractivity (Wildman–Crippen MR) is 77.3 cm³/mol. The molecule has 0 radical (unpaired) electrons. The third-order valence-corrected chi connectivity index (χ3v) is 2.86. The maximum Gasteiger partial charge on any atom is 0.271 e. The van der Waals surface area contributed by atoms with Crippen molar-refractivity contribution in [1.29, 1.82) is 0 Å². The zero-order chi connectivity index (χ0) is 15.1. The van der Waals surface area contributed by atoms with Gasteiger partial charge in [-0.05, 0) is 19.1 Å². The first kappa shape index (κ1) is 14.8. The molecule has 0 bridgehead atoms. The third kappa shape index (κ3) is 3.91. The average Bonchev–Trinajstić information content (AvgIpc) is 2.91. The number of aryl methyl sites for hydroxylation is 1. The Morgan fingerprint density at radius 3 is 3.10 bits per heavy atom. The molecule has 21 heavy (non-hydrogen) atoms. The molecule has 0 unspecified atom stereocenters. The normalized spacial score (nSPS) is 9.81. The molecule has 0 saturated heterocycles. The van der Waals surface area contributed by atoms with Gasteiger partial charge in [0.2, 0.25) is 0 Å². The number of aromatic nitrogens is 3. The molecule has 0 aromatic carbocycles. The van der Waals surface area contributed by atoms with Gasteiger partial charge in [0, 0.05) is 30.4 Å². The molecule has 6 heteroatoms. The number of pyridine rings is 1. The van der Waals surface area contributed by atoms with Crippen LogP contribution in [-0.4, -0.2) is 32.8 Å². The van der Waals surface area contributed by atoms with Gasteiger partial charge < -0.3 is 10.4 Å². The standard InChI is InChI=1S/C15H16N4O2/c1-11-13(10-18-19-11)9-17-15(21)14-12(5-2-3-8-20)6-4-7-16-14/h4,6-7,10,20H,3,8-9H2,1H3,(H,17,21)(H,18,19). The van der Waals surface area contributed by atoms with Crippen molar-refractivity contribution in [3.05, 3.63) is 47.0 Å². The average molecular weight is 284 g/mol. The van der Waals surface area contributed by atoms with Gasteiger partial charge in [-0.25, -0.2) is 4.98 Å². The van der Waals surface area contributed by atoms with Crippen LogP contribution >= 0.6 is 0 Å². The molecular formula is C15H16N4O2. The van der Waals surface area contributed by atoms with Gasteiger partial charge in [0.25, 0.3) is 5.91 Å². The van der Waals surface area contributed by atoms with Crippen LogP contribution in [0.15, 0.2) is 24.5 Å². The molecule has 108 valence electrons. The van der Waals surface area contributed by atoms with Crippen molar-refractivity contribution in [2.45, 2.75) is 19.9 Å². The number of hydrogen-bond acceptors (Lipinski definition) is 4. The Morgan fingerprint density at radius 1 is 1.52 bits per heavy atom. The van der Waals surface area contributed by atoms with Crippen LogP contribution in [0.3, 0.4) is 0 Å². The van der Waals surface area contributed by atoms with E-state index in [0.717, 1.165) is 11.3 Å². The van der Waals surface area contributed by atoms with Crippen molar-refractivity contribution >= 4 is 5.91 Å². The quantitative estimate of drug-likeness (QED) is 0.723. The lowest BCUT2D eigenvalue weighted by Crippen LogP contribution is -2.24. The van der Waals surface area contributed by atoms with Gasteiger partial charge in [0.15, 0.2) is 0 Å². The Hall–Kier alpha value is -2.65. The summed E-state index contributed by atoms with van der Waals surface area (Å²) in [5.74, 6) is 5.35. The van der Waals surface area contributed by atoms with E-state index in [1.807, 2.05) is 6.92 Å². The topological polar surface area (TPSA) is 90.9 Å². The first-order chi connectivity index (χ1) is 10.2. The Kier molecular flexibility index (Phi) is 5.07. The number of carbonyl (C=O) groups excluding carboxylic acids is 1. The molecule has 6 nitrogen and oxygen atoms in total. The number of nitrogens with one attached hydrogen (secondary N) is 2. The fourth-order valence-corrected chi connectivity index (χ4v) is 1.71. The van der Waals surface area contributed by atoms with Crippen LogP contribution in [0, 0.1) is 18.8 Å². The number of aliphatic hydroxyl groups is 1. The number of aromatic amines is 1. The zero-order valence-electron chi connectivity index (χ0n) is 11.7. The summed E-state index contributed by atoms with van der Waals surface area (Å²) >= 11 is 0. The number of nitrogens with zero attached hydrogens (tertiary/aromatic N) is 2. The summed E-state index contributed by atoms with van der Waals surface area (Å²) in [6, 6.07) is 3.45. The number of carbonyl (C=O) groups is 1. The maximum atomic E-state index is 12.2. The van der Waals surface area contributed by atoms with Crippen LogP contribution < -0.4 is 5.32 Å². The number of H-pyrrole nitrogens is 1. The van der Waals surface area contributed by atoms with E-state index in [9.17, 15) is 4.79 Å². The molecule has 0 aliphatic heterocycles. The Balaban J connectivity index is 2.09. The molecule has 0 aliphatic rings. The van der Waals surface area contributed by atoms with Gasteiger partial charge in [0.1, 0.15) is 5.69 Å². The second-order valence-corrected chi connectivity index (χ2v) is 4.38. The van der Waals surface area contributed by atoms with E-state index < -0.39 is 0 Å². The monoisotopic (exact) mass is 284 g/mol. The number of aliphatic hydroxyl groups excluding tert-OH is 1. The number of hydrogen-bond donors (Lipinski definition) is 3. The van der Waals surface area contributed by atoms with E-state index in [1.165, 1.54) is 0 Å². The van der Waals surface area contributed by atoms with Gasteiger partial charge in [0.05, 0.1) is 18.4 Å². The van der Waals surface area contributed by atoms with E-state index in [-0.39, 0.29) is 18.2 Å². The van der Waals surface area contributed by atoms with Crippen LogP contribution in [-0.2, 0) is 6.54 Å². The third-order valence-electron chi connectivity index (χ3n) is 2.86. The lowest BCUT2D eigenvalue weighted by molar-refractivity contribution is 0.0945. The number of amides is 1. The van der Waals surface area contributed by atoms with Crippen molar-refractivity contribution in [2.24, 2.45) is 0 Å². The molecule has 0 aliphatic carbocycles. The molecule has 3 N–H and O–H groups in total. The Labute approximate surface area is 122 Å². The van der Waals surface area contributed by atoms with Crippen LogP contribution in [0.4, 0.5) is 0 Å². The second kappa shape index (κ2) is 7.22. The molecule has 2 heterocycles. The molecule has 2 aromatic rings. The predicted octanol–water partition coefficient (Wildman–Crippen LogP) is 0.777. The van der Waals surface area contributed by atoms with Gasteiger partial charge in [-0.2, -0.15) is 5.10 Å². The fraction of sp³-hybridized carbons (Fsp3) is 0.267. The molecule has 2 aromatic heterocycles. The lowest BCUT2D eigenvalue weighted by atomic mass is 10.1. The van der Waals surface area contributed by atoms with Crippen molar-refractivity contribution in [3.63, 3.8) is 0 Å². The smallest absolute Gasteiger partial charge is 0.271 e. The van der Waals surface area contributed by atoms with Crippen molar-refractivity contribution in [1.82, 2.24) is 20.5 Å². The van der Waals surface area contributed by atoms with Gasteiger partial charge >= 0.3 is 0 Å². The Bertz CT molecular complexity index is 682. The van der Waals surface area contributed by atoms with E-state index >= 15 is 0 Å². The van der Waals surface area contributed by atoms with E-state index in [2.05, 4.69) is 32.3 Å². The highest BCUT2D eigenvalue weighted by Crippen LogP contribution is 2.06. The molecule has 1 amide bonds. The lowest BCUT2D eigenvalue weighted by Gasteiger charge is -2.05. The highest BCUT2D eigenvalue weighted by atomic mass is 16.2. The van der Waals surface area contributed by atoms with E-state index in [4.69, 9.17) is 5.11 Å². The van der Waals surface area contributed by atoms with Crippen molar-refractivity contribution < 1.29 is 9.90 Å². The van der Waals surface area contributed by atoms with Crippen LogP contribution in [0.5, 0.6) is 0 Å². The molecule has 0 fully saturated rings. The highest BCUT2D eigenvalue weighted by molar-refractivity contribution is 5.94. The van der Waals surface area contributed by atoms with E-state index in [0.29, 0.717) is 18.5 Å². The maximum absolute atomic E-state index is 12.2. The highest BCUT2D eigenvalue weighted by Gasteiger charge is 2.11.